The molecule has 0 aliphatic rings. The van der Waals surface area contributed by atoms with E-state index in [0.29, 0.717) is 18.1 Å². The Labute approximate surface area is 108 Å². The third-order valence-corrected chi connectivity index (χ3v) is 3.98. The maximum absolute atomic E-state index is 11.4. The highest BCUT2D eigenvalue weighted by Gasteiger charge is 2.13. The van der Waals surface area contributed by atoms with E-state index in [-0.39, 0.29) is 5.25 Å². The van der Waals surface area contributed by atoms with Gasteiger partial charge in [0, 0.05) is 28.3 Å². The number of nitrogens with two attached hydrogens (primary N) is 1. The molecule has 2 atom stereocenters. The van der Waals surface area contributed by atoms with E-state index in [9.17, 15) is 4.21 Å². The van der Waals surface area contributed by atoms with Crippen LogP contribution in [0.2, 0.25) is 0 Å². The van der Waals surface area contributed by atoms with Crippen molar-refractivity contribution in [3.8, 4) is 11.4 Å². The van der Waals surface area contributed by atoms with E-state index in [0.717, 1.165) is 5.56 Å². The van der Waals surface area contributed by atoms with Crippen molar-refractivity contribution in [2.24, 2.45) is 0 Å². The van der Waals surface area contributed by atoms with Crippen molar-refractivity contribution >= 4 is 16.5 Å². The molecule has 0 saturated heterocycles. The highest BCUT2D eigenvalue weighted by Crippen LogP contribution is 2.17. The normalized spacial score (nSPS) is 14.3. The molecule has 0 aliphatic heterocycles. The van der Waals surface area contributed by atoms with Crippen molar-refractivity contribution in [3.63, 3.8) is 0 Å². The first-order valence-corrected chi connectivity index (χ1v) is 7.14. The molecule has 18 heavy (non-hydrogen) atoms. The first-order valence-electron chi connectivity index (χ1n) is 5.52. The quantitative estimate of drug-likeness (QED) is 0.822. The highest BCUT2D eigenvalue weighted by atomic mass is 32.2. The summed E-state index contributed by atoms with van der Waals surface area (Å²) in [6.45, 7) is 2.43. The summed E-state index contributed by atoms with van der Waals surface area (Å²) in [6, 6.07) is 7.34. The number of hydrogen-bond donors (Lipinski definition) is 1. The second-order valence-electron chi connectivity index (χ2n) is 4.12. The summed E-state index contributed by atoms with van der Waals surface area (Å²) < 4.78 is 13.0. The number of benzene rings is 1. The molecule has 0 radical (unpaired) electrons. The molecule has 2 rings (SSSR count). The average molecular weight is 265 g/mol. The van der Waals surface area contributed by atoms with E-state index in [2.05, 4.69) is 15.5 Å². The van der Waals surface area contributed by atoms with Crippen LogP contribution in [0.1, 0.15) is 6.92 Å². The summed E-state index contributed by atoms with van der Waals surface area (Å²) in [4.78, 5) is 0. The summed E-state index contributed by atoms with van der Waals surface area (Å²) >= 11 is 0. The maximum Gasteiger partial charge on any atom is 0.182 e. The fraction of sp³-hybridized carbons (Fsp3) is 0.364. The zero-order valence-corrected chi connectivity index (χ0v) is 11.1. The summed E-state index contributed by atoms with van der Waals surface area (Å²) in [5.74, 6) is 0.660. The molecule has 6 nitrogen and oxygen atoms in total. The van der Waals surface area contributed by atoms with E-state index >= 15 is 0 Å². The molecule has 1 aromatic carbocycles. The SMILES string of the molecule is CC(Cn1nnnc1-c1ccc(N)cc1)S(C)=O. The Kier molecular flexibility index (Phi) is 3.71. The lowest BCUT2D eigenvalue weighted by atomic mass is 10.2. The second kappa shape index (κ2) is 5.26. The molecule has 1 heterocycles. The van der Waals surface area contributed by atoms with Crippen LogP contribution in [-0.2, 0) is 17.3 Å². The van der Waals surface area contributed by atoms with Gasteiger partial charge in [0.15, 0.2) is 5.82 Å². The summed E-state index contributed by atoms with van der Waals surface area (Å²) in [7, 11) is -0.900. The second-order valence-corrected chi connectivity index (χ2v) is 5.92. The van der Waals surface area contributed by atoms with Gasteiger partial charge in [-0.2, -0.15) is 0 Å². The molecule has 1 aromatic heterocycles. The molecule has 2 aromatic rings. The van der Waals surface area contributed by atoms with Crippen LogP contribution >= 0.6 is 0 Å². The van der Waals surface area contributed by atoms with Gasteiger partial charge in [-0.05, 0) is 41.6 Å². The third-order valence-electron chi connectivity index (χ3n) is 2.70. The van der Waals surface area contributed by atoms with Gasteiger partial charge in [0.25, 0.3) is 0 Å². The minimum Gasteiger partial charge on any atom is -0.399 e. The van der Waals surface area contributed by atoms with Crippen molar-refractivity contribution in [3.05, 3.63) is 24.3 Å². The van der Waals surface area contributed by atoms with Crippen LogP contribution in [-0.4, -0.2) is 35.9 Å². The largest absolute Gasteiger partial charge is 0.399 e. The predicted octanol–water partition coefficient (Wildman–Crippen LogP) is 0.689. The lowest BCUT2D eigenvalue weighted by Crippen LogP contribution is -2.19. The molecule has 0 fully saturated rings. The van der Waals surface area contributed by atoms with Gasteiger partial charge in [-0.25, -0.2) is 4.68 Å². The lowest BCUT2D eigenvalue weighted by Gasteiger charge is -2.09. The van der Waals surface area contributed by atoms with Gasteiger partial charge in [0.1, 0.15) is 0 Å². The number of nitrogens with zero attached hydrogens (tertiary/aromatic N) is 4. The number of hydrogen-bond acceptors (Lipinski definition) is 5. The number of anilines is 1. The van der Waals surface area contributed by atoms with Gasteiger partial charge in [-0.3, -0.25) is 4.21 Å². The number of aromatic nitrogens is 4. The Hall–Kier alpha value is -1.76. The Morgan fingerprint density at radius 1 is 1.39 bits per heavy atom. The van der Waals surface area contributed by atoms with E-state index in [1.165, 1.54) is 0 Å². The zero-order valence-electron chi connectivity index (χ0n) is 10.3. The van der Waals surface area contributed by atoms with Crippen LogP contribution in [0.25, 0.3) is 11.4 Å². The van der Waals surface area contributed by atoms with E-state index in [1.54, 1.807) is 23.1 Å². The monoisotopic (exact) mass is 265 g/mol. The van der Waals surface area contributed by atoms with E-state index in [4.69, 9.17) is 5.73 Å². The molecule has 2 unspecified atom stereocenters. The first-order chi connectivity index (χ1) is 8.58. The van der Waals surface area contributed by atoms with Crippen LogP contribution in [0.4, 0.5) is 5.69 Å². The average Bonchev–Trinajstić information content (AvgIpc) is 2.78. The topological polar surface area (TPSA) is 86.7 Å². The number of tetrazole rings is 1. The molecule has 0 amide bonds. The first kappa shape index (κ1) is 12.7. The summed E-state index contributed by atoms with van der Waals surface area (Å²) in [5, 5.41) is 11.6. The van der Waals surface area contributed by atoms with Crippen LogP contribution in [0, 0.1) is 0 Å². The summed E-state index contributed by atoms with van der Waals surface area (Å²) in [6.07, 6.45) is 1.68. The molecular formula is C11H15N5OS. The maximum atomic E-state index is 11.4. The summed E-state index contributed by atoms with van der Waals surface area (Å²) in [5.41, 5.74) is 7.23. The Morgan fingerprint density at radius 2 is 2.06 bits per heavy atom. The molecule has 0 aliphatic carbocycles. The van der Waals surface area contributed by atoms with Crippen molar-refractivity contribution in [1.29, 1.82) is 0 Å². The predicted molar refractivity (Wildman–Crippen MR) is 71.2 cm³/mol. The Balaban J connectivity index is 2.27. The lowest BCUT2D eigenvalue weighted by molar-refractivity contribution is 0.579. The minimum absolute atomic E-state index is 0.000955. The van der Waals surface area contributed by atoms with Gasteiger partial charge in [0.05, 0.1) is 11.8 Å². The van der Waals surface area contributed by atoms with Crippen molar-refractivity contribution in [1.82, 2.24) is 20.2 Å². The number of nitrogen functional groups attached to an aromatic ring is 1. The van der Waals surface area contributed by atoms with Gasteiger partial charge in [-0.1, -0.05) is 0 Å². The molecule has 7 heteroatoms. The van der Waals surface area contributed by atoms with Crippen molar-refractivity contribution < 1.29 is 4.21 Å². The van der Waals surface area contributed by atoms with Crippen LogP contribution < -0.4 is 5.73 Å². The van der Waals surface area contributed by atoms with E-state index in [1.807, 2.05) is 19.1 Å². The standard InChI is InChI=1S/C11H15N5OS/c1-8(18(2)17)7-16-11(13-14-15-16)9-3-5-10(12)6-4-9/h3-6,8H,7,12H2,1-2H3. The molecule has 0 bridgehead atoms. The molecule has 0 spiro atoms. The van der Waals surface area contributed by atoms with Crippen LogP contribution in [0.3, 0.4) is 0 Å². The molecule has 0 saturated carbocycles. The van der Waals surface area contributed by atoms with E-state index < -0.39 is 10.8 Å². The van der Waals surface area contributed by atoms with Gasteiger partial charge >= 0.3 is 0 Å². The van der Waals surface area contributed by atoms with Crippen LogP contribution in [0.5, 0.6) is 0 Å². The minimum atomic E-state index is -0.900. The van der Waals surface area contributed by atoms with Gasteiger partial charge in [-0.15, -0.1) is 5.10 Å². The fourth-order valence-corrected chi connectivity index (χ4v) is 1.87. The Bertz CT molecular complexity index is 551. The Morgan fingerprint density at radius 3 is 2.67 bits per heavy atom. The molecular weight excluding hydrogens is 250 g/mol. The number of rotatable bonds is 4. The zero-order chi connectivity index (χ0) is 13.1. The molecule has 96 valence electrons. The van der Waals surface area contributed by atoms with Gasteiger partial charge in [0.2, 0.25) is 0 Å². The fourth-order valence-electron chi connectivity index (χ4n) is 1.52. The van der Waals surface area contributed by atoms with Crippen molar-refractivity contribution in [2.75, 3.05) is 12.0 Å². The van der Waals surface area contributed by atoms with Crippen LogP contribution in [0.15, 0.2) is 24.3 Å². The third kappa shape index (κ3) is 2.73. The molecule has 2 N–H and O–H groups in total. The van der Waals surface area contributed by atoms with Crippen molar-refractivity contribution in [2.45, 2.75) is 18.7 Å². The highest BCUT2D eigenvalue weighted by molar-refractivity contribution is 7.84. The van der Waals surface area contributed by atoms with Gasteiger partial charge < -0.3 is 5.73 Å². The smallest absolute Gasteiger partial charge is 0.182 e.